The number of rotatable bonds is 9. The van der Waals surface area contributed by atoms with Crippen LogP contribution in [0.2, 0.25) is 0 Å². The van der Waals surface area contributed by atoms with Crippen molar-refractivity contribution in [3.8, 4) is 0 Å². The normalized spacial score (nSPS) is 24.2. The van der Waals surface area contributed by atoms with Crippen molar-refractivity contribution < 1.29 is 14.7 Å². The van der Waals surface area contributed by atoms with Gasteiger partial charge < -0.3 is 15.7 Å². The summed E-state index contributed by atoms with van der Waals surface area (Å²) in [5.74, 6) is 0.322. The first kappa shape index (κ1) is 23.1. The molecule has 2 fully saturated rings. The van der Waals surface area contributed by atoms with Crippen LogP contribution in [0, 0.1) is 5.92 Å². The summed E-state index contributed by atoms with van der Waals surface area (Å²) in [6.07, 6.45) is 6.26. The number of β-lactam (4-membered cyclic amide) rings is 1. The Labute approximate surface area is 194 Å². The van der Waals surface area contributed by atoms with Gasteiger partial charge in [-0.1, -0.05) is 11.8 Å². The van der Waals surface area contributed by atoms with Gasteiger partial charge in [-0.3, -0.25) is 14.7 Å². The molecule has 1 aromatic heterocycles. The number of fused-ring (bicyclic) bond motifs is 1. The van der Waals surface area contributed by atoms with E-state index in [9.17, 15) is 14.7 Å². The molecule has 0 radical (unpaired) electrons. The van der Waals surface area contributed by atoms with Crippen LogP contribution in [0.25, 0.3) is 0 Å². The highest BCUT2D eigenvalue weighted by atomic mass is 32.2. The highest BCUT2D eigenvalue weighted by Crippen LogP contribution is 2.42. The topological polar surface area (TPSA) is 143 Å². The number of carbonyl (C=O) groups excluding carboxylic acids is 1. The summed E-state index contributed by atoms with van der Waals surface area (Å²) >= 11 is 2.92. The van der Waals surface area contributed by atoms with Crippen LogP contribution in [-0.2, 0) is 16.6 Å². The predicted molar refractivity (Wildman–Crippen MR) is 122 cm³/mol. The van der Waals surface area contributed by atoms with Crippen LogP contribution in [0.3, 0.4) is 0 Å². The van der Waals surface area contributed by atoms with Gasteiger partial charge in [0.05, 0.1) is 6.34 Å². The fourth-order valence-electron chi connectivity index (χ4n) is 4.20. The molecule has 3 aliphatic rings. The van der Waals surface area contributed by atoms with Gasteiger partial charge in [-0.15, -0.1) is 16.9 Å². The van der Waals surface area contributed by atoms with Crippen LogP contribution in [0.15, 0.2) is 21.4 Å². The first-order valence-corrected chi connectivity index (χ1v) is 12.8. The van der Waals surface area contributed by atoms with Gasteiger partial charge in [0.2, 0.25) is 5.16 Å². The molecule has 174 valence electrons. The van der Waals surface area contributed by atoms with Gasteiger partial charge in [0.1, 0.15) is 11.1 Å². The minimum Gasteiger partial charge on any atom is -0.477 e. The number of thioether (sulfide) groups is 2. The number of carboxylic acids is 1. The lowest BCUT2D eigenvalue weighted by Crippen LogP contribution is -2.64. The van der Waals surface area contributed by atoms with Crippen LogP contribution in [0.1, 0.15) is 25.7 Å². The van der Waals surface area contributed by atoms with Crippen LogP contribution >= 0.6 is 23.5 Å². The third-order valence-corrected chi connectivity index (χ3v) is 8.46. The zero-order valence-corrected chi connectivity index (χ0v) is 19.6. The molecule has 3 N–H and O–H groups in total. The second kappa shape index (κ2) is 10.2. The van der Waals surface area contributed by atoms with Gasteiger partial charge in [0.15, 0.2) is 6.04 Å². The van der Waals surface area contributed by atoms with Crippen molar-refractivity contribution in [1.82, 2.24) is 30.0 Å². The Kier molecular flexibility index (Phi) is 7.36. The molecule has 0 aliphatic carbocycles. The SMILES string of the molecule is Cn1nnnc1SCC1=C(C(=O)O)N2C(=O)C(N=CN3CCC(CCCN)CC3)[C@@H]2SC1. The van der Waals surface area contributed by atoms with Crippen LogP contribution < -0.4 is 5.73 Å². The number of hydrogen-bond donors (Lipinski definition) is 2. The molecule has 2 atom stereocenters. The summed E-state index contributed by atoms with van der Waals surface area (Å²) in [5.41, 5.74) is 6.38. The Bertz CT molecular complexity index is 912. The molecule has 13 heteroatoms. The van der Waals surface area contributed by atoms with E-state index in [1.807, 2.05) is 0 Å². The Morgan fingerprint density at radius 3 is 2.84 bits per heavy atom. The number of nitrogens with two attached hydrogens (primary N) is 1. The van der Waals surface area contributed by atoms with Gasteiger partial charge in [-0.2, -0.15) is 0 Å². The standard InChI is InChI=1S/C19H28N8O3S2/c1-25-19(22-23-24-25)32-10-13-9-31-17-14(16(28)27(17)15(13)18(29)30)21-11-26-7-4-12(5-8-26)3-2-6-20/h11-12,14,17H,2-10,20H2,1H3,(H,29,30)/t14?,17-/m0/s1. The molecule has 4 heterocycles. The highest BCUT2D eigenvalue weighted by molar-refractivity contribution is 8.01. The molecule has 0 bridgehead atoms. The van der Waals surface area contributed by atoms with E-state index in [2.05, 4.69) is 25.4 Å². The molecule has 4 rings (SSSR count). The maximum atomic E-state index is 12.8. The van der Waals surface area contributed by atoms with Crippen LogP contribution in [0.5, 0.6) is 0 Å². The molecule has 1 unspecified atom stereocenters. The van der Waals surface area contributed by atoms with Gasteiger partial charge in [-0.25, -0.2) is 9.48 Å². The van der Waals surface area contributed by atoms with Gasteiger partial charge in [-0.05, 0) is 54.1 Å². The molecule has 0 saturated carbocycles. The number of aliphatic carboxylic acids is 1. The number of piperidine rings is 1. The number of nitrogens with zero attached hydrogens (tertiary/aromatic N) is 7. The zero-order chi connectivity index (χ0) is 22.7. The predicted octanol–water partition coefficient (Wildman–Crippen LogP) is 0.404. The number of tetrazole rings is 1. The molecule has 1 amide bonds. The fraction of sp³-hybridized carbons (Fsp3) is 0.684. The van der Waals surface area contributed by atoms with Gasteiger partial charge in [0.25, 0.3) is 5.91 Å². The zero-order valence-electron chi connectivity index (χ0n) is 18.0. The molecule has 0 spiro atoms. The first-order valence-electron chi connectivity index (χ1n) is 10.7. The van der Waals surface area contributed by atoms with Crippen LogP contribution in [0.4, 0.5) is 0 Å². The third-order valence-electron chi connectivity index (χ3n) is 6.03. The number of aryl methyl sites for hydroxylation is 1. The monoisotopic (exact) mass is 480 g/mol. The Morgan fingerprint density at radius 2 is 2.19 bits per heavy atom. The fourth-order valence-corrected chi connectivity index (χ4v) is 6.53. The summed E-state index contributed by atoms with van der Waals surface area (Å²) in [4.78, 5) is 32.9. The van der Waals surface area contributed by atoms with E-state index in [4.69, 9.17) is 5.73 Å². The Balaban J connectivity index is 1.36. The van der Waals surface area contributed by atoms with E-state index < -0.39 is 12.0 Å². The number of carboxylic acid groups (broad SMARTS) is 1. The Morgan fingerprint density at radius 1 is 1.41 bits per heavy atom. The van der Waals surface area contributed by atoms with Crippen molar-refractivity contribution in [2.24, 2.45) is 23.7 Å². The summed E-state index contributed by atoms with van der Waals surface area (Å²) < 4.78 is 1.53. The molecular formula is C19H28N8O3S2. The smallest absolute Gasteiger partial charge is 0.352 e. The number of hydrogen-bond acceptors (Lipinski definition) is 9. The molecule has 11 nitrogen and oxygen atoms in total. The highest BCUT2D eigenvalue weighted by Gasteiger charge is 2.53. The second-order valence-corrected chi connectivity index (χ2v) is 10.2. The minimum atomic E-state index is -1.09. The number of carbonyl (C=O) groups is 2. The second-order valence-electron chi connectivity index (χ2n) is 8.16. The first-order chi connectivity index (χ1) is 15.5. The Hall–Kier alpha value is -2.12. The molecule has 0 aromatic carbocycles. The van der Waals surface area contributed by atoms with Crippen molar-refractivity contribution in [2.45, 2.75) is 42.3 Å². The maximum absolute atomic E-state index is 12.8. The molecule has 32 heavy (non-hydrogen) atoms. The average molecular weight is 481 g/mol. The minimum absolute atomic E-state index is 0.0774. The number of likely N-dealkylation sites (tertiary alicyclic amines) is 1. The van der Waals surface area contributed by atoms with E-state index in [1.54, 1.807) is 25.1 Å². The van der Waals surface area contributed by atoms with E-state index >= 15 is 0 Å². The maximum Gasteiger partial charge on any atom is 0.352 e. The molecule has 1 aromatic rings. The summed E-state index contributed by atoms with van der Waals surface area (Å²) in [6, 6.07) is -0.526. The third kappa shape index (κ3) is 4.79. The number of aromatic nitrogens is 4. The lowest BCUT2D eigenvalue weighted by Gasteiger charge is -2.48. The quantitative estimate of drug-likeness (QED) is 0.221. The molecule has 3 aliphatic heterocycles. The van der Waals surface area contributed by atoms with E-state index in [0.29, 0.717) is 22.2 Å². The summed E-state index contributed by atoms with van der Waals surface area (Å²) in [5, 5.41) is 21.4. The van der Waals surface area contributed by atoms with Crippen molar-refractivity contribution >= 4 is 41.7 Å². The molecule has 2 saturated heterocycles. The molecular weight excluding hydrogens is 452 g/mol. The largest absolute Gasteiger partial charge is 0.477 e. The van der Waals surface area contributed by atoms with Crippen molar-refractivity contribution in [3.63, 3.8) is 0 Å². The van der Waals surface area contributed by atoms with Gasteiger partial charge in [0, 0.05) is 31.6 Å². The number of aliphatic imine (C=N–C) groups is 1. The summed E-state index contributed by atoms with van der Waals surface area (Å²) in [6.45, 7) is 2.60. The van der Waals surface area contributed by atoms with E-state index in [1.165, 1.54) is 27.8 Å². The van der Waals surface area contributed by atoms with Crippen molar-refractivity contribution in [1.29, 1.82) is 0 Å². The average Bonchev–Trinajstić information content (AvgIpc) is 3.21. The van der Waals surface area contributed by atoms with Crippen LogP contribution in [-0.4, -0.2) is 95.9 Å². The lowest BCUT2D eigenvalue weighted by molar-refractivity contribution is -0.147. The van der Waals surface area contributed by atoms with Gasteiger partial charge >= 0.3 is 5.97 Å². The van der Waals surface area contributed by atoms with Crippen molar-refractivity contribution in [2.75, 3.05) is 31.1 Å². The summed E-state index contributed by atoms with van der Waals surface area (Å²) in [7, 11) is 1.73. The van der Waals surface area contributed by atoms with E-state index in [0.717, 1.165) is 44.8 Å². The lowest BCUT2D eigenvalue weighted by atomic mass is 9.92. The van der Waals surface area contributed by atoms with E-state index in [-0.39, 0.29) is 17.0 Å². The van der Waals surface area contributed by atoms with Crippen molar-refractivity contribution in [3.05, 3.63) is 11.3 Å². The number of amides is 1.